The van der Waals surface area contributed by atoms with Crippen LogP contribution in [0, 0.1) is 35.0 Å². The van der Waals surface area contributed by atoms with Gasteiger partial charge in [-0.25, -0.2) is 0 Å². The van der Waals surface area contributed by atoms with Crippen molar-refractivity contribution in [2.75, 3.05) is 6.61 Å². The van der Waals surface area contributed by atoms with Gasteiger partial charge < -0.3 is 5.11 Å². The summed E-state index contributed by atoms with van der Waals surface area (Å²) in [6.45, 7) is -1.14. The van der Waals surface area contributed by atoms with Crippen molar-refractivity contribution in [1.82, 2.24) is 0 Å². The topological polar surface area (TPSA) is 37.3 Å². The van der Waals surface area contributed by atoms with Crippen LogP contribution in [0.15, 0.2) is 11.6 Å². The van der Waals surface area contributed by atoms with E-state index in [0.29, 0.717) is 38.5 Å². The van der Waals surface area contributed by atoms with Gasteiger partial charge in [0.1, 0.15) is 0 Å². The van der Waals surface area contributed by atoms with Gasteiger partial charge >= 0.3 is 12.1 Å². The van der Waals surface area contributed by atoms with Gasteiger partial charge in [0, 0.05) is 6.42 Å². The van der Waals surface area contributed by atoms with Gasteiger partial charge in [-0.1, -0.05) is 12.0 Å². The molecule has 0 bridgehead atoms. The maximum atomic E-state index is 14.4. The number of allylic oxidation sites excluding steroid dienone is 1. The molecule has 3 fully saturated rings. The zero-order valence-corrected chi connectivity index (χ0v) is 15.8. The minimum atomic E-state index is -5.65. The van der Waals surface area contributed by atoms with Crippen LogP contribution in [0.4, 0.5) is 22.0 Å². The number of aliphatic hydroxyl groups is 1. The van der Waals surface area contributed by atoms with Crippen molar-refractivity contribution in [3.05, 3.63) is 11.6 Å². The number of hydrogen-bond donors (Lipinski definition) is 1. The average molecular weight is 406 g/mol. The van der Waals surface area contributed by atoms with E-state index < -0.39 is 30.0 Å². The van der Waals surface area contributed by atoms with Crippen molar-refractivity contribution in [2.45, 2.75) is 69.9 Å². The molecule has 0 aromatic heterocycles. The molecule has 0 saturated heterocycles. The summed E-state index contributed by atoms with van der Waals surface area (Å²) in [7, 11) is 0. The summed E-state index contributed by atoms with van der Waals surface area (Å²) in [6.07, 6.45) is 1.43. The van der Waals surface area contributed by atoms with Crippen LogP contribution < -0.4 is 0 Å². The van der Waals surface area contributed by atoms with Gasteiger partial charge in [-0.3, -0.25) is 4.79 Å². The molecule has 0 aromatic carbocycles. The Kier molecular flexibility index (Phi) is 4.91. The number of carbonyl (C=O) groups is 1. The van der Waals surface area contributed by atoms with E-state index in [1.165, 1.54) is 0 Å². The van der Waals surface area contributed by atoms with Crippen molar-refractivity contribution in [3.63, 3.8) is 0 Å². The fraction of sp³-hybridized carbons (Fsp3) is 0.857. The number of alkyl halides is 5. The fourth-order valence-electron chi connectivity index (χ4n) is 7.35. The third-order valence-corrected chi connectivity index (χ3v) is 8.41. The first kappa shape index (κ1) is 20.3. The highest BCUT2D eigenvalue weighted by Gasteiger charge is 2.70. The van der Waals surface area contributed by atoms with E-state index in [9.17, 15) is 31.9 Å². The normalized spacial score (nSPS) is 39.6. The number of ketones is 1. The van der Waals surface area contributed by atoms with Gasteiger partial charge in [0.15, 0.2) is 5.78 Å². The third kappa shape index (κ3) is 2.86. The molecule has 28 heavy (non-hydrogen) atoms. The average Bonchev–Trinajstić information content (AvgIpc) is 3.05. The lowest BCUT2D eigenvalue weighted by molar-refractivity contribution is -0.326. The molecule has 4 aliphatic carbocycles. The van der Waals surface area contributed by atoms with Gasteiger partial charge in [-0.15, -0.1) is 0 Å². The number of aliphatic hydroxyl groups excluding tert-OH is 1. The highest BCUT2D eigenvalue weighted by Crippen LogP contribution is 2.67. The Labute approximate surface area is 161 Å². The number of rotatable bonds is 3. The van der Waals surface area contributed by atoms with Gasteiger partial charge in [0.05, 0.1) is 12.5 Å². The quantitative estimate of drug-likeness (QED) is 0.646. The third-order valence-electron chi connectivity index (χ3n) is 8.41. The van der Waals surface area contributed by atoms with Crippen molar-refractivity contribution >= 4 is 5.78 Å². The first-order valence-electron chi connectivity index (χ1n) is 10.4. The van der Waals surface area contributed by atoms with E-state index in [-0.39, 0.29) is 29.5 Å². The summed E-state index contributed by atoms with van der Waals surface area (Å²) in [5, 5.41) is 9.71. The second-order valence-electron chi connectivity index (χ2n) is 9.32. The van der Waals surface area contributed by atoms with E-state index in [2.05, 4.69) is 0 Å². The Balaban J connectivity index is 1.66. The van der Waals surface area contributed by atoms with Gasteiger partial charge in [-0.2, -0.15) is 22.0 Å². The van der Waals surface area contributed by atoms with Crippen LogP contribution in [0.5, 0.6) is 0 Å². The van der Waals surface area contributed by atoms with Gasteiger partial charge in [0.25, 0.3) is 0 Å². The fourth-order valence-corrected chi connectivity index (χ4v) is 7.35. The largest absolute Gasteiger partial charge is 0.453 e. The summed E-state index contributed by atoms with van der Waals surface area (Å²) in [5.41, 5.74) is 0.0167. The van der Waals surface area contributed by atoms with E-state index in [0.717, 1.165) is 24.8 Å². The number of carbonyl (C=O) groups excluding carboxylic acids is 1. The Hall–Kier alpha value is -0.980. The lowest BCUT2D eigenvalue weighted by atomic mass is 9.49. The van der Waals surface area contributed by atoms with Gasteiger partial charge in [-0.05, 0) is 80.1 Å². The molecule has 3 saturated carbocycles. The van der Waals surface area contributed by atoms with E-state index in [1.54, 1.807) is 6.08 Å². The predicted molar refractivity (Wildman–Crippen MR) is 92.6 cm³/mol. The second kappa shape index (κ2) is 6.78. The van der Waals surface area contributed by atoms with E-state index >= 15 is 0 Å². The Morgan fingerprint density at radius 1 is 1.04 bits per heavy atom. The zero-order valence-electron chi connectivity index (χ0n) is 15.8. The molecule has 7 heteroatoms. The predicted octanol–water partition coefficient (Wildman–Crippen LogP) is 5.30. The summed E-state index contributed by atoms with van der Waals surface area (Å²) < 4.78 is 68.3. The maximum Gasteiger partial charge on any atom is 0.453 e. The first-order chi connectivity index (χ1) is 13.1. The summed E-state index contributed by atoms with van der Waals surface area (Å²) >= 11 is 0. The smallest absolute Gasteiger partial charge is 0.396 e. The van der Waals surface area contributed by atoms with Crippen molar-refractivity contribution < 1.29 is 31.9 Å². The lowest BCUT2D eigenvalue weighted by Crippen LogP contribution is -2.57. The van der Waals surface area contributed by atoms with E-state index in [1.807, 2.05) is 0 Å². The molecule has 4 aliphatic rings. The number of hydrogen-bond acceptors (Lipinski definition) is 2. The second-order valence-corrected chi connectivity index (χ2v) is 9.32. The molecule has 158 valence electrons. The highest BCUT2D eigenvalue weighted by atomic mass is 19.4. The van der Waals surface area contributed by atoms with Crippen LogP contribution in [0.2, 0.25) is 0 Å². The monoisotopic (exact) mass is 406 g/mol. The van der Waals surface area contributed by atoms with Crippen molar-refractivity contribution in [2.24, 2.45) is 35.0 Å². The number of halogens is 5. The lowest BCUT2D eigenvalue weighted by Gasteiger charge is -2.56. The molecule has 0 radical (unpaired) electrons. The molecular formula is C21H27F5O2. The van der Waals surface area contributed by atoms with Crippen LogP contribution in [0.3, 0.4) is 0 Å². The SMILES string of the molecule is O=C1C=C2CC[C@@H]3[C@H](CCC4(C(CO)C(F)(F)C(F)(F)F)CCC[C@@H]34)[C@H]2CC1. The van der Waals surface area contributed by atoms with Crippen molar-refractivity contribution in [1.29, 1.82) is 0 Å². The van der Waals surface area contributed by atoms with Crippen LogP contribution in [0.1, 0.15) is 57.8 Å². The molecule has 1 N–H and O–H groups in total. The molecule has 0 aliphatic heterocycles. The minimum Gasteiger partial charge on any atom is -0.396 e. The van der Waals surface area contributed by atoms with E-state index in [4.69, 9.17) is 0 Å². The molecule has 0 spiro atoms. The Morgan fingerprint density at radius 3 is 2.46 bits per heavy atom. The summed E-state index contributed by atoms with van der Waals surface area (Å²) in [6, 6.07) is 0. The molecule has 0 aromatic rings. The highest BCUT2D eigenvalue weighted by molar-refractivity contribution is 5.91. The van der Waals surface area contributed by atoms with Crippen LogP contribution in [-0.4, -0.2) is 29.6 Å². The number of fused-ring (bicyclic) bond motifs is 5. The van der Waals surface area contributed by atoms with Crippen molar-refractivity contribution in [3.8, 4) is 0 Å². The Bertz CT molecular complexity index is 670. The maximum absolute atomic E-state index is 14.4. The van der Waals surface area contributed by atoms with Crippen LogP contribution in [0.25, 0.3) is 0 Å². The van der Waals surface area contributed by atoms with Crippen LogP contribution >= 0.6 is 0 Å². The standard InChI is InChI=1S/C21H27F5O2/c22-20(23,21(24,25)26)18(11-27)19-8-1-2-17(19)16-5-3-12-10-13(28)4-6-14(12)15(16)7-9-19/h10,14-18,27H,1-9,11H2/t14-,15+,16+,17-,18?,19?/m0/s1. The summed E-state index contributed by atoms with van der Waals surface area (Å²) in [5.74, 6) is -6.36. The molecule has 2 unspecified atom stereocenters. The molecule has 0 amide bonds. The molecular weight excluding hydrogens is 379 g/mol. The Morgan fingerprint density at radius 2 is 1.79 bits per heavy atom. The molecule has 0 heterocycles. The summed E-state index contributed by atoms with van der Waals surface area (Å²) in [4.78, 5) is 11.8. The molecule has 4 rings (SSSR count). The minimum absolute atomic E-state index is 0.115. The van der Waals surface area contributed by atoms with Crippen LogP contribution in [-0.2, 0) is 4.79 Å². The molecule has 6 atom stereocenters. The molecule has 2 nitrogen and oxygen atoms in total. The first-order valence-corrected chi connectivity index (χ1v) is 10.4. The zero-order chi connectivity index (χ0) is 20.3. The van der Waals surface area contributed by atoms with Gasteiger partial charge in [0.2, 0.25) is 0 Å².